The van der Waals surface area contributed by atoms with E-state index in [1.54, 1.807) is 0 Å². The third-order valence-corrected chi connectivity index (χ3v) is 8.82. The lowest BCUT2D eigenvalue weighted by Crippen LogP contribution is -2.59. The quantitative estimate of drug-likeness (QED) is 0.310. The number of rotatable bonds is 11. The average Bonchev–Trinajstić information content (AvgIpc) is 3.37. The maximum atomic E-state index is 14.4. The van der Waals surface area contributed by atoms with Crippen LogP contribution in [0.5, 0.6) is 0 Å². The number of carbonyl (C=O) groups is 5. The molecule has 1 aromatic carbocycles. The Morgan fingerprint density at radius 2 is 1.83 bits per heavy atom. The Balaban J connectivity index is 1.38. The molecule has 2 saturated heterocycles. The highest BCUT2D eigenvalue weighted by Gasteiger charge is 2.55. The molecular formula is C33H45N5O8. The van der Waals surface area contributed by atoms with Crippen LogP contribution in [-0.2, 0) is 33.5 Å². The Morgan fingerprint density at radius 1 is 1.09 bits per heavy atom. The lowest BCUT2D eigenvalue weighted by atomic mass is 9.85. The van der Waals surface area contributed by atoms with E-state index in [1.165, 1.54) is 4.90 Å². The molecule has 46 heavy (non-hydrogen) atoms. The van der Waals surface area contributed by atoms with E-state index in [0.717, 1.165) is 18.4 Å². The van der Waals surface area contributed by atoms with Gasteiger partial charge in [-0.15, -0.1) is 0 Å². The molecule has 3 aliphatic heterocycles. The van der Waals surface area contributed by atoms with Gasteiger partial charge < -0.3 is 35.2 Å². The molecule has 13 nitrogen and oxygen atoms in total. The van der Waals surface area contributed by atoms with Crippen molar-refractivity contribution >= 4 is 35.3 Å². The fraction of sp³-hybridized carbons (Fsp3) is 0.636. The largest absolute Gasteiger partial charge is 0.444 e. The number of Topliss-reactive ketones (excluding diaryl/α,β-unsaturated/α-hetero) is 1. The zero-order valence-corrected chi connectivity index (χ0v) is 27.0. The first-order chi connectivity index (χ1) is 21.9. The summed E-state index contributed by atoms with van der Waals surface area (Å²) in [5, 5.41) is 12.5. The first kappa shape index (κ1) is 33.4. The number of amides is 4. The standard InChI is InChI=1S/C33H45N5O8/c1-5-9-23(26(39)29(41)34-21-12-13-21)35-28(40)25-17-33(16-24(37-46-33)20-10-7-6-8-11-20)19-38(25)30(42)27(32(2,3)4)36-31(43)45-22-14-15-44-18-22/h6-8,10-11,21-23,25,27H,5,9,12-19H2,1-4H3,(H,34,41)(H,35,40)(H,36,43)/t22-,23-,25-,27+,33-/m0/s1. The van der Waals surface area contributed by atoms with Crippen molar-refractivity contribution in [3.8, 4) is 0 Å². The third kappa shape index (κ3) is 7.86. The number of likely N-dealkylation sites (tertiary alicyclic amines) is 1. The van der Waals surface area contributed by atoms with Gasteiger partial charge in [-0.05, 0) is 30.2 Å². The summed E-state index contributed by atoms with van der Waals surface area (Å²) >= 11 is 0. The summed E-state index contributed by atoms with van der Waals surface area (Å²) in [6.45, 7) is 8.10. The van der Waals surface area contributed by atoms with Gasteiger partial charge in [0.05, 0.1) is 31.5 Å². The summed E-state index contributed by atoms with van der Waals surface area (Å²) in [7, 11) is 0. The molecule has 3 heterocycles. The van der Waals surface area contributed by atoms with Gasteiger partial charge in [-0.1, -0.05) is 69.6 Å². The highest BCUT2D eigenvalue weighted by atomic mass is 16.7. The molecule has 5 rings (SSSR count). The van der Waals surface area contributed by atoms with E-state index in [9.17, 15) is 24.0 Å². The van der Waals surface area contributed by atoms with E-state index in [2.05, 4.69) is 21.1 Å². The van der Waals surface area contributed by atoms with Crippen LogP contribution in [0.25, 0.3) is 0 Å². The molecule has 4 amide bonds. The van der Waals surface area contributed by atoms with E-state index >= 15 is 0 Å². The Labute approximate surface area is 269 Å². The topological polar surface area (TPSA) is 165 Å². The number of benzene rings is 1. The summed E-state index contributed by atoms with van der Waals surface area (Å²) in [4.78, 5) is 74.4. The first-order valence-electron chi connectivity index (χ1n) is 16.2. The molecule has 3 N–H and O–H groups in total. The van der Waals surface area contributed by atoms with Crippen molar-refractivity contribution in [1.82, 2.24) is 20.9 Å². The van der Waals surface area contributed by atoms with Crippen LogP contribution in [0.2, 0.25) is 0 Å². The molecular weight excluding hydrogens is 594 g/mol. The predicted molar refractivity (Wildman–Crippen MR) is 167 cm³/mol. The highest BCUT2D eigenvalue weighted by Crippen LogP contribution is 2.40. The summed E-state index contributed by atoms with van der Waals surface area (Å²) in [5.41, 5.74) is -0.199. The van der Waals surface area contributed by atoms with Gasteiger partial charge >= 0.3 is 6.09 Å². The van der Waals surface area contributed by atoms with E-state index in [4.69, 9.17) is 14.3 Å². The van der Waals surface area contributed by atoms with Gasteiger partial charge in [0.2, 0.25) is 17.6 Å². The number of nitrogens with zero attached hydrogens (tertiary/aromatic N) is 2. The second-order valence-corrected chi connectivity index (χ2v) is 13.8. The van der Waals surface area contributed by atoms with Gasteiger partial charge in [0, 0.05) is 25.3 Å². The van der Waals surface area contributed by atoms with E-state index < -0.39 is 64.8 Å². The normalized spacial score (nSPS) is 25.3. The van der Waals surface area contributed by atoms with Gasteiger partial charge in [-0.25, -0.2) is 4.79 Å². The first-order valence-corrected chi connectivity index (χ1v) is 16.2. The van der Waals surface area contributed by atoms with Crippen LogP contribution in [0.15, 0.2) is 35.5 Å². The molecule has 0 radical (unpaired) electrons. The molecule has 4 aliphatic rings. The van der Waals surface area contributed by atoms with Crippen molar-refractivity contribution < 1.29 is 38.3 Å². The van der Waals surface area contributed by atoms with Crippen molar-refractivity contribution in [3.63, 3.8) is 0 Å². The fourth-order valence-corrected chi connectivity index (χ4v) is 6.11. The zero-order valence-electron chi connectivity index (χ0n) is 27.0. The monoisotopic (exact) mass is 639 g/mol. The molecule has 0 bridgehead atoms. The minimum Gasteiger partial charge on any atom is -0.444 e. The number of ketones is 1. The number of nitrogens with one attached hydrogen (secondary N) is 3. The second-order valence-electron chi connectivity index (χ2n) is 13.8. The Kier molecular flexibility index (Phi) is 9.99. The van der Waals surface area contributed by atoms with Gasteiger partial charge in [0.25, 0.3) is 5.91 Å². The minimum absolute atomic E-state index is 0.00901. The molecule has 250 valence electrons. The summed E-state index contributed by atoms with van der Waals surface area (Å²) in [6, 6.07) is 6.35. The van der Waals surface area contributed by atoms with Crippen LogP contribution >= 0.6 is 0 Å². The number of carbonyl (C=O) groups excluding carboxylic acids is 5. The average molecular weight is 640 g/mol. The van der Waals surface area contributed by atoms with Crippen molar-refractivity contribution in [2.45, 2.75) is 109 Å². The lowest BCUT2D eigenvalue weighted by Gasteiger charge is -2.35. The second kappa shape index (κ2) is 13.8. The van der Waals surface area contributed by atoms with Gasteiger partial charge in [-0.3, -0.25) is 19.2 Å². The molecule has 0 aromatic heterocycles. The minimum atomic E-state index is -1.05. The van der Waals surface area contributed by atoms with Crippen LogP contribution in [0.4, 0.5) is 4.79 Å². The smallest absolute Gasteiger partial charge is 0.408 e. The van der Waals surface area contributed by atoms with E-state index in [-0.39, 0.29) is 32.0 Å². The maximum Gasteiger partial charge on any atom is 0.408 e. The SMILES string of the molecule is CCC[C@H](NC(=O)[C@@H]1C[C@@]2(CC(c3ccccc3)=NO2)CN1C(=O)[C@@H](NC(=O)O[C@H]1CCOC1)C(C)(C)C)C(=O)C(=O)NC1CC1. The maximum absolute atomic E-state index is 14.4. The Bertz CT molecular complexity index is 1350. The Morgan fingerprint density at radius 3 is 2.46 bits per heavy atom. The number of hydrogen-bond donors (Lipinski definition) is 3. The lowest BCUT2D eigenvalue weighted by molar-refractivity contribution is -0.144. The van der Waals surface area contributed by atoms with E-state index in [1.807, 2.05) is 58.0 Å². The number of alkyl carbamates (subject to hydrolysis) is 1. The van der Waals surface area contributed by atoms with Crippen molar-refractivity contribution in [2.24, 2.45) is 10.6 Å². The molecule has 1 aliphatic carbocycles. The molecule has 3 fully saturated rings. The van der Waals surface area contributed by atoms with Crippen LogP contribution in [0.3, 0.4) is 0 Å². The number of oxime groups is 1. The molecule has 0 unspecified atom stereocenters. The Hall–Kier alpha value is -4.00. The van der Waals surface area contributed by atoms with Gasteiger partial charge in [0.1, 0.15) is 18.2 Å². The molecule has 1 spiro atoms. The van der Waals surface area contributed by atoms with Crippen LogP contribution in [0.1, 0.15) is 78.2 Å². The van der Waals surface area contributed by atoms with Crippen LogP contribution < -0.4 is 16.0 Å². The summed E-state index contributed by atoms with van der Waals surface area (Å²) in [5.74, 6) is -2.51. The predicted octanol–water partition coefficient (Wildman–Crippen LogP) is 2.21. The van der Waals surface area contributed by atoms with Crippen molar-refractivity contribution in [1.29, 1.82) is 0 Å². The van der Waals surface area contributed by atoms with Crippen molar-refractivity contribution in [2.75, 3.05) is 19.8 Å². The summed E-state index contributed by atoms with van der Waals surface area (Å²) < 4.78 is 10.8. The number of ether oxygens (including phenoxy) is 2. The molecule has 13 heteroatoms. The third-order valence-electron chi connectivity index (χ3n) is 8.82. The van der Waals surface area contributed by atoms with Gasteiger partial charge in [-0.2, -0.15) is 0 Å². The molecule has 1 saturated carbocycles. The van der Waals surface area contributed by atoms with Crippen molar-refractivity contribution in [3.05, 3.63) is 35.9 Å². The van der Waals surface area contributed by atoms with E-state index in [0.29, 0.717) is 31.6 Å². The summed E-state index contributed by atoms with van der Waals surface area (Å²) in [6.07, 6.45) is 2.31. The van der Waals surface area contributed by atoms with Crippen LogP contribution in [0, 0.1) is 5.41 Å². The number of hydrogen-bond acceptors (Lipinski definition) is 9. The van der Waals surface area contributed by atoms with Crippen LogP contribution in [-0.4, -0.2) is 95.8 Å². The van der Waals surface area contributed by atoms with Gasteiger partial charge in [0.15, 0.2) is 5.60 Å². The highest BCUT2D eigenvalue weighted by molar-refractivity contribution is 6.38. The fourth-order valence-electron chi connectivity index (χ4n) is 6.11. The molecule has 5 atom stereocenters. The molecule has 1 aromatic rings. The zero-order chi connectivity index (χ0) is 33.1.